The van der Waals surface area contributed by atoms with Gasteiger partial charge in [0.25, 0.3) is 0 Å². The summed E-state index contributed by atoms with van der Waals surface area (Å²) in [5.74, 6) is 1.91. The van der Waals surface area contributed by atoms with E-state index >= 15 is 0 Å². The second-order valence-electron chi connectivity index (χ2n) is 14.4. The maximum atomic E-state index is 6.65. The molecule has 0 amide bonds. The molecule has 0 radical (unpaired) electrons. The van der Waals surface area contributed by atoms with Crippen molar-refractivity contribution in [3.63, 3.8) is 0 Å². The molecule has 0 saturated carbocycles. The zero-order valence-electron chi connectivity index (χ0n) is 30.5. The average Bonchev–Trinajstić information content (AvgIpc) is 3.95. The largest absolute Gasteiger partial charge is 0.454 e. The maximum absolute atomic E-state index is 6.65. The molecule has 4 aromatic heterocycles. The molecule has 0 bridgehead atoms. The fourth-order valence-corrected chi connectivity index (χ4v) is 8.64. The molecule has 57 heavy (non-hydrogen) atoms. The Labute approximate surface area is 326 Å². The van der Waals surface area contributed by atoms with E-state index in [2.05, 4.69) is 124 Å². The number of hydrogen-bond acceptors (Lipinski definition) is 4. The van der Waals surface area contributed by atoms with Crippen LogP contribution < -0.4 is 0 Å². The predicted octanol–water partition coefficient (Wildman–Crippen LogP) is 13.0. The summed E-state index contributed by atoms with van der Waals surface area (Å²) in [5, 5.41) is 6.99. The summed E-state index contributed by atoms with van der Waals surface area (Å²) in [4.78, 5) is 14.9. The van der Waals surface area contributed by atoms with E-state index in [1.807, 2.05) is 72.8 Å². The lowest BCUT2D eigenvalue weighted by molar-refractivity contribution is 0.666. The Balaban J connectivity index is 1.08. The van der Waals surface area contributed by atoms with Gasteiger partial charge in [-0.05, 0) is 54.6 Å². The highest BCUT2D eigenvalue weighted by Crippen LogP contribution is 2.44. The Morgan fingerprint density at radius 1 is 0.351 bits per heavy atom. The molecule has 0 spiro atoms. The van der Waals surface area contributed by atoms with Crippen LogP contribution in [-0.4, -0.2) is 24.1 Å². The lowest BCUT2D eigenvalue weighted by Crippen LogP contribution is -2.00. The lowest BCUT2D eigenvalue weighted by atomic mass is 10.1. The quantitative estimate of drug-likeness (QED) is 0.177. The number of furan rings is 1. The molecule has 6 nitrogen and oxygen atoms in total. The van der Waals surface area contributed by atoms with E-state index in [1.54, 1.807) is 0 Å². The van der Waals surface area contributed by atoms with Gasteiger partial charge in [-0.1, -0.05) is 133 Å². The van der Waals surface area contributed by atoms with E-state index in [9.17, 15) is 0 Å². The molecule has 0 atom stereocenters. The molecular formula is C51H31N5O. The van der Waals surface area contributed by atoms with Gasteiger partial charge in [-0.15, -0.1) is 0 Å². The fraction of sp³-hybridized carbons (Fsp3) is 0. The minimum Gasteiger partial charge on any atom is -0.454 e. The van der Waals surface area contributed by atoms with Crippen LogP contribution in [0.2, 0.25) is 0 Å². The summed E-state index contributed by atoms with van der Waals surface area (Å²) in [5.41, 5.74) is 11.2. The number of benzene rings is 8. The van der Waals surface area contributed by atoms with Crippen molar-refractivity contribution in [2.24, 2.45) is 0 Å². The molecule has 8 aromatic carbocycles. The van der Waals surface area contributed by atoms with Gasteiger partial charge in [0, 0.05) is 54.7 Å². The van der Waals surface area contributed by atoms with Crippen LogP contribution in [0.15, 0.2) is 192 Å². The van der Waals surface area contributed by atoms with Crippen LogP contribution in [0.25, 0.3) is 111 Å². The van der Waals surface area contributed by atoms with Crippen molar-refractivity contribution in [1.82, 2.24) is 24.1 Å². The van der Waals surface area contributed by atoms with Crippen molar-refractivity contribution < 1.29 is 4.42 Å². The van der Waals surface area contributed by atoms with Crippen LogP contribution in [0.5, 0.6) is 0 Å². The average molecular weight is 730 g/mol. The first kappa shape index (κ1) is 31.5. The third kappa shape index (κ3) is 4.81. The number of rotatable bonds is 5. The molecule has 0 aliphatic carbocycles. The van der Waals surface area contributed by atoms with Gasteiger partial charge >= 0.3 is 0 Å². The van der Waals surface area contributed by atoms with Crippen LogP contribution in [0, 0.1) is 0 Å². The van der Waals surface area contributed by atoms with Gasteiger partial charge in [0.05, 0.1) is 27.8 Å². The number of para-hydroxylation sites is 4. The van der Waals surface area contributed by atoms with Gasteiger partial charge in [0.2, 0.25) is 0 Å². The topological polar surface area (TPSA) is 61.7 Å². The lowest BCUT2D eigenvalue weighted by Gasteiger charge is -2.11. The van der Waals surface area contributed by atoms with Gasteiger partial charge in [0.1, 0.15) is 5.58 Å². The van der Waals surface area contributed by atoms with Crippen molar-refractivity contribution in [2.45, 2.75) is 0 Å². The summed E-state index contributed by atoms with van der Waals surface area (Å²) in [6, 6.07) is 65.5. The molecule has 0 aliphatic heterocycles. The maximum Gasteiger partial charge on any atom is 0.164 e. The highest BCUT2D eigenvalue weighted by molar-refractivity contribution is 6.26. The van der Waals surface area contributed by atoms with E-state index in [1.165, 1.54) is 21.5 Å². The minimum atomic E-state index is 0.627. The second-order valence-corrected chi connectivity index (χ2v) is 14.4. The molecule has 12 rings (SSSR count). The van der Waals surface area contributed by atoms with Crippen LogP contribution in [-0.2, 0) is 0 Å². The zero-order chi connectivity index (χ0) is 37.5. The van der Waals surface area contributed by atoms with E-state index in [0.717, 1.165) is 72.1 Å². The molecule has 6 heteroatoms. The second kappa shape index (κ2) is 12.3. The number of nitrogens with zero attached hydrogens (tertiary/aromatic N) is 5. The number of fused-ring (bicyclic) bond motifs is 10. The summed E-state index contributed by atoms with van der Waals surface area (Å²) >= 11 is 0. The monoisotopic (exact) mass is 729 g/mol. The van der Waals surface area contributed by atoms with Crippen LogP contribution in [0.3, 0.4) is 0 Å². The standard InChI is InChI=1S/C51H31N5O/c1-3-14-32(15-4-1)49-52-50(33-16-5-2-6-17-33)54-51(53-49)34-26-28-35(29-27-34)55-42-23-11-8-20-40(42)46-43(55)31-30-38-36-18-7-10-22-41(36)56(47(38)46)44-24-13-21-39-37-19-9-12-25-45(37)57-48(39)44/h1-31H. The van der Waals surface area contributed by atoms with Crippen LogP contribution in [0.1, 0.15) is 0 Å². The number of hydrogen-bond donors (Lipinski definition) is 0. The van der Waals surface area contributed by atoms with Gasteiger partial charge in [-0.2, -0.15) is 0 Å². The smallest absolute Gasteiger partial charge is 0.164 e. The summed E-state index contributed by atoms with van der Waals surface area (Å²) in [6.07, 6.45) is 0. The van der Waals surface area contributed by atoms with Crippen molar-refractivity contribution in [3.8, 4) is 45.5 Å². The highest BCUT2D eigenvalue weighted by atomic mass is 16.3. The van der Waals surface area contributed by atoms with Gasteiger partial charge in [-0.3, -0.25) is 0 Å². The molecule has 4 heterocycles. The zero-order valence-corrected chi connectivity index (χ0v) is 30.5. The van der Waals surface area contributed by atoms with Crippen LogP contribution >= 0.6 is 0 Å². The Morgan fingerprint density at radius 3 is 1.58 bits per heavy atom. The van der Waals surface area contributed by atoms with Crippen molar-refractivity contribution in [2.75, 3.05) is 0 Å². The minimum absolute atomic E-state index is 0.627. The highest BCUT2D eigenvalue weighted by Gasteiger charge is 2.23. The molecule has 0 fully saturated rings. The Bertz CT molecular complexity index is 3450. The van der Waals surface area contributed by atoms with Gasteiger partial charge in [0.15, 0.2) is 23.1 Å². The SMILES string of the molecule is c1ccc(-c2nc(-c3ccccc3)nc(-c3ccc(-n4c5ccccc5c5c4ccc4c6ccccc6n(-c6cccc7c6oc6ccccc67)c45)cc3)n2)cc1. The third-order valence-electron chi connectivity index (χ3n) is 11.2. The van der Waals surface area contributed by atoms with Gasteiger partial charge < -0.3 is 13.6 Å². The summed E-state index contributed by atoms with van der Waals surface area (Å²) < 4.78 is 11.4. The molecule has 0 unspecified atom stereocenters. The molecule has 266 valence electrons. The van der Waals surface area contributed by atoms with Crippen molar-refractivity contribution in [1.29, 1.82) is 0 Å². The Hall–Kier alpha value is -7.83. The first-order valence-electron chi connectivity index (χ1n) is 19.1. The molecule has 0 saturated heterocycles. The first-order chi connectivity index (χ1) is 28.3. The van der Waals surface area contributed by atoms with E-state index in [-0.39, 0.29) is 0 Å². The Morgan fingerprint density at radius 2 is 0.895 bits per heavy atom. The molecule has 0 N–H and O–H groups in total. The normalized spacial score (nSPS) is 11.9. The van der Waals surface area contributed by atoms with Crippen LogP contribution in [0.4, 0.5) is 0 Å². The predicted molar refractivity (Wildman–Crippen MR) is 232 cm³/mol. The van der Waals surface area contributed by atoms with Gasteiger partial charge in [-0.25, -0.2) is 15.0 Å². The fourth-order valence-electron chi connectivity index (χ4n) is 8.64. The molecule has 0 aliphatic rings. The Kier molecular flexibility index (Phi) is 6.83. The van der Waals surface area contributed by atoms with E-state index in [0.29, 0.717) is 17.5 Å². The molecule has 12 aromatic rings. The van der Waals surface area contributed by atoms with Crippen molar-refractivity contribution in [3.05, 3.63) is 188 Å². The first-order valence-corrected chi connectivity index (χ1v) is 19.1. The summed E-state index contributed by atoms with van der Waals surface area (Å²) in [7, 11) is 0. The van der Waals surface area contributed by atoms with Crippen molar-refractivity contribution >= 4 is 65.6 Å². The third-order valence-corrected chi connectivity index (χ3v) is 11.2. The molecular weight excluding hydrogens is 699 g/mol. The van der Waals surface area contributed by atoms with E-state index in [4.69, 9.17) is 19.4 Å². The summed E-state index contributed by atoms with van der Waals surface area (Å²) in [6.45, 7) is 0. The van der Waals surface area contributed by atoms with E-state index < -0.39 is 0 Å². The number of aromatic nitrogens is 5.